The van der Waals surface area contributed by atoms with Crippen LogP contribution in [0.4, 0.5) is 0 Å². The van der Waals surface area contributed by atoms with Crippen molar-refractivity contribution in [3.8, 4) is 5.75 Å². The molecule has 27 heavy (non-hydrogen) atoms. The van der Waals surface area contributed by atoms with Gasteiger partial charge in [-0.05, 0) is 26.3 Å². The van der Waals surface area contributed by atoms with E-state index in [9.17, 15) is 9.59 Å². The zero-order valence-corrected chi connectivity index (χ0v) is 16.2. The van der Waals surface area contributed by atoms with Crippen molar-refractivity contribution >= 4 is 11.8 Å². The van der Waals surface area contributed by atoms with Crippen LogP contribution in [0.2, 0.25) is 0 Å². The summed E-state index contributed by atoms with van der Waals surface area (Å²) in [5.41, 5.74) is 3.61. The van der Waals surface area contributed by atoms with Crippen molar-refractivity contribution in [2.45, 2.75) is 39.9 Å². The highest BCUT2D eigenvalue weighted by atomic mass is 16.5. The molecule has 0 saturated carbocycles. The van der Waals surface area contributed by atoms with Gasteiger partial charge in [-0.2, -0.15) is 0 Å². The second kappa shape index (κ2) is 7.78. The van der Waals surface area contributed by atoms with Crippen LogP contribution in [0.3, 0.4) is 0 Å². The Bertz CT molecular complexity index is 851. The molecule has 1 aromatic heterocycles. The molecule has 2 heterocycles. The lowest BCUT2D eigenvalue weighted by molar-refractivity contribution is -0.156. The fourth-order valence-corrected chi connectivity index (χ4v) is 3.50. The minimum absolute atomic E-state index is 0.0461. The Morgan fingerprint density at radius 2 is 1.85 bits per heavy atom. The van der Waals surface area contributed by atoms with Crippen molar-refractivity contribution in [2.75, 3.05) is 13.7 Å². The molecule has 6 nitrogen and oxygen atoms in total. The quantitative estimate of drug-likeness (QED) is 0.814. The van der Waals surface area contributed by atoms with E-state index in [-0.39, 0.29) is 18.4 Å². The molecule has 1 aliphatic heterocycles. The average molecular weight is 367 g/mol. The molecule has 0 N–H and O–H groups in total. The van der Waals surface area contributed by atoms with Crippen LogP contribution in [0.25, 0.3) is 0 Å². The molecular weight excluding hydrogens is 342 g/mol. The van der Waals surface area contributed by atoms with E-state index >= 15 is 0 Å². The third kappa shape index (κ3) is 3.79. The fraction of sp³-hybridized carbons (Fsp3) is 0.381. The van der Waals surface area contributed by atoms with Gasteiger partial charge in [0, 0.05) is 23.9 Å². The second-order valence-electron chi connectivity index (χ2n) is 6.92. The molecule has 3 rings (SSSR count). The normalized spacial score (nSPS) is 17.4. The molecule has 0 unspecified atom stereocenters. The number of piperazine rings is 1. The van der Waals surface area contributed by atoms with Crippen molar-refractivity contribution in [3.05, 3.63) is 58.9 Å². The molecular formula is C21H25N3O3. The topological polar surface area (TPSA) is 62.7 Å². The number of rotatable bonds is 5. The zero-order chi connectivity index (χ0) is 19.6. The van der Waals surface area contributed by atoms with Crippen LogP contribution in [0.15, 0.2) is 36.5 Å². The third-order valence-corrected chi connectivity index (χ3v) is 5.07. The number of methoxy groups -OCH3 is 1. The standard InChI is InChI=1S/C21H25N3O3/c1-14-10-22-18(15(2)20(14)27-4)12-24-16(3)21(26)23(13-19(24)25)11-17-8-6-5-7-9-17/h5-10,16H,11-13H2,1-4H3/t16-/m0/s1. The van der Waals surface area contributed by atoms with Gasteiger partial charge in [0.05, 0.1) is 19.3 Å². The Balaban J connectivity index is 1.77. The van der Waals surface area contributed by atoms with Crippen molar-refractivity contribution in [1.82, 2.24) is 14.8 Å². The van der Waals surface area contributed by atoms with Crippen LogP contribution < -0.4 is 4.74 Å². The monoisotopic (exact) mass is 367 g/mol. The minimum atomic E-state index is -0.525. The van der Waals surface area contributed by atoms with Crippen molar-refractivity contribution in [1.29, 1.82) is 0 Å². The van der Waals surface area contributed by atoms with Gasteiger partial charge >= 0.3 is 0 Å². The molecule has 0 radical (unpaired) electrons. The van der Waals surface area contributed by atoms with Crippen LogP contribution >= 0.6 is 0 Å². The second-order valence-corrected chi connectivity index (χ2v) is 6.92. The molecule has 6 heteroatoms. The maximum atomic E-state index is 12.8. The molecule has 0 bridgehead atoms. The number of pyridine rings is 1. The van der Waals surface area contributed by atoms with Gasteiger partial charge in [0.25, 0.3) is 0 Å². The highest BCUT2D eigenvalue weighted by Crippen LogP contribution is 2.26. The molecule has 0 aliphatic carbocycles. The summed E-state index contributed by atoms with van der Waals surface area (Å²) in [6, 6.07) is 9.19. The van der Waals surface area contributed by atoms with Gasteiger partial charge in [-0.1, -0.05) is 30.3 Å². The van der Waals surface area contributed by atoms with Crippen LogP contribution in [0.5, 0.6) is 5.75 Å². The number of aryl methyl sites for hydroxylation is 1. The van der Waals surface area contributed by atoms with Gasteiger partial charge in [0.2, 0.25) is 11.8 Å². The first kappa shape index (κ1) is 18.9. The summed E-state index contributed by atoms with van der Waals surface area (Å²) in [4.78, 5) is 33.3. The molecule has 1 aromatic carbocycles. The van der Waals surface area contributed by atoms with E-state index < -0.39 is 6.04 Å². The van der Waals surface area contributed by atoms with E-state index in [1.807, 2.05) is 44.2 Å². The summed E-state index contributed by atoms with van der Waals surface area (Å²) in [6.07, 6.45) is 1.74. The van der Waals surface area contributed by atoms with E-state index in [2.05, 4.69) is 4.98 Å². The predicted molar refractivity (Wildman–Crippen MR) is 102 cm³/mol. The Kier molecular flexibility index (Phi) is 5.44. The Morgan fingerprint density at radius 1 is 1.15 bits per heavy atom. The SMILES string of the molecule is COc1c(C)cnc(CN2C(=O)CN(Cc3ccccc3)C(=O)[C@@H]2C)c1C. The van der Waals surface area contributed by atoms with Crippen molar-refractivity contribution < 1.29 is 14.3 Å². The largest absolute Gasteiger partial charge is 0.496 e. The lowest BCUT2D eigenvalue weighted by Gasteiger charge is -2.38. The summed E-state index contributed by atoms with van der Waals surface area (Å²) < 4.78 is 5.45. The number of amides is 2. The lowest BCUT2D eigenvalue weighted by Crippen LogP contribution is -2.58. The third-order valence-electron chi connectivity index (χ3n) is 5.07. The van der Waals surface area contributed by atoms with Crippen LogP contribution in [0.1, 0.15) is 29.3 Å². The van der Waals surface area contributed by atoms with Gasteiger partial charge in [-0.15, -0.1) is 0 Å². The van der Waals surface area contributed by atoms with Crippen molar-refractivity contribution in [3.63, 3.8) is 0 Å². The Labute approximate surface area is 159 Å². The molecule has 0 spiro atoms. The summed E-state index contributed by atoms with van der Waals surface area (Å²) >= 11 is 0. The molecule has 1 atom stereocenters. The number of carbonyl (C=O) groups is 2. The maximum Gasteiger partial charge on any atom is 0.245 e. The summed E-state index contributed by atoms with van der Waals surface area (Å²) in [7, 11) is 1.62. The number of hydrogen-bond donors (Lipinski definition) is 0. The maximum absolute atomic E-state index is 12.8. The molecule has 1 aliphatic rings. The van der Waals surface area contributed by atoms with Crippen molar-refractivity contribution in [2.24, 2.45) is 0 Å². The van der Waals surface area contributed by atoms with E-state index in [0.29, 0.717) is 13.1 Å². The molecule has 2 amide bonds. The van der Waals surface area contributed by atoms with E-state index in [1.54, 1.807) is 30.0 Å². The fourth-order valence-electron chi connectivity index (χ4n) is 3.50. The van der Waals surface area contributed by atoms with E-state index in [1.165, 1.54) is 0 Å². The number of benzene rings is 1. The number of nitrogens with zero attached hydrogens (tertiary/aromatic N) is 3. The molecule has 1 saturated heterocycles. The highest BCUT2D eigenvalue weighted by Gasteiger charge is 2.36. The molecule has 1 fully saturated rings. The van der Waals surface area contributed by atoms with Crippen LogP contribution in [0, 0.1) is 13.8 Å². The van der Waals surface area contributed by atoms with Gasteiger partial charge in [0.1, 0.15) is 18.3 Å². The zero-order valence-electron chi connectivity index (χ0n) is 16.2. The van der Waals surface area contributed by atoms with Crippen LogP contribution in [-0.4, -0.2) is 46.3 Å². The Morgan fingerprint density at radius 3 is 2.52 bits per heavy atom. The molecule has 142 valence electrons. The van der Waals surface area contributed by atoms with Crippen LogP contribution in [-0.2, 0) is 22.7 Å². The van der Waals surface area contributed by atoms with Gasteiger partial charge in [-0.25, -0.2) is 0 Å². The lowest BCUT2D eigenvalue weighted by atomic mass is 10.1. The Hall–Kier alpha value is -2.89. The first-order chi connectivity index (χ1) is 12.9. The smallest absolute Gasteiger partial charge is 0.245 e. The van der Waals surface area contributed by atoms with Gasteiger partial charge in [0.15, 0.2) is 0 Å². The van der Waals surface area contributed by atoms with E-state index in [0.717, 1.165) is 28.1 Å². The highest BCUT2D eigenvalue weighted by molar-refractivity contribution is 5.94. The minimum Gasteiger partial charge on any atom is -0.496 e. The summed E-state index contributed by atoms with van der Waals surface area (Å²) in [5, 5.41) is 0. The average Bonchev–Trinajstić information content (AvgIpc) is 2.66. The number of carbonyl (C=O) groups excluding carboxylic acids is 2. The van der Waals surface area contributed by atoms with Gasteiger partial charge < -0.3 is 14.5 Å². The number of hydrogen-bond acceptors (Lipinski definition) is 4. The number of aromatic nitrogens is 1. The predicted octanol–water partition coefficient (Wildman–Crippen LogP) is 2.47. The molecule has 2 aromatic rings. The first-order valence-corrected chi connectivity index (χ1v) is 9.03. The first-order valence-electron chi connectivity index (χ1n) is 9.03. The summed E-state index contributed by atoms with van der Waals surface area (Å²) in [6.45, 7) is 6.46. The number of ether oxygens (including phenoxy) is 1. The summed E-state index contributed by atoms with van der Waals surface area (Å²) in [5.74, 6) is 0.656. The van der Waals surface area contributed by atoms with Gasteiger partial charge in [-0.3, -0.25) is 14.6 Å². The van der Waals surface area contributed by atoms with E-state index in [4.69, 9.17) is 4.74 Å².